The van der Waals surface area contributed by atoms with Crippen LogP contribution in [0.1, 0.15) is 0 Å². The molecule has 0 fully saturated rings. The summed E-state index contributed by atoms with van der Waals surface area (Å²) in [5.74, 6) is 0. The van der Waals surface area contributed by atoms with E-state index in [0.29, 0.717) is 0 Å². The first-order chi connectivity index (χ1) is 10.7. The number of benzene rings is 1. The maximum atomic E-state index is 5.75. The second kappa shape index (κ2) is 4.70. The van der Waals surface area contributed by atoms with Crippen molar-refractivity contribution in [2.45, 2.75) is 0 Å². The van der Waals surface area contributed by atoms with Crippen molar-refractivity contribution in [1.82, 2.24) is 24.4 Å². The molecule has 6 heteroatoms. The number of anilines is 1. The molecule has 3 heterocycles. The molecule has 2 N–H and O–H groups in total. The second-order valence-electron chi connectivity index (χ2n) is 5.19. The Balaban J connectivity index is 1.89. The Labute approximate surface area is 126 Å². The number of rotatable bonds is 2. The van der Waals surface area contributed by atoms with Gasteiger partial charge in [0.05, 0.1) is 17.4 Å². The van der Waals surface area contributed by atoms with E-state index in [9.17, 15) is 0 Å². The van der Waals surface area contributed by atoms with Crippen molar-refractivity contribution in [2.75, 3.05) is 5.73 Å². The number of aryl methyl sites for hydroxylation is 1. The lowest BCUT2D eigenvalue weighted by molar-refractivity contribution is 0.768. The normalized spacial score (nSPS) is 11.1. The summed E-state index contributed by atoms with van der Waals surface area (Å²) in [4.78, 5) is 4.43. The minimum Gasteiger partial charge on any atom is -0.399 e. The zero-order chi connectivity index (χ0) is 15.1. The molecule has 1 aromatic carbocycles. The molecule has 0 atom stereocenters. The summed E-state index contributed by atoms with van der Waals surface area (Å²) in [5, 5.41) is 8.50. The van der Waals surface area contributed by atoms with Crippen LogP contribution < -0.4 is 5.73 Å². The Morgan fingerprint density at radius 2 is 1.77 bits per heavy atom. The van der Waals surface area contributed by atoms with E-state index < -0.39 is 0 Å². The molecule has 0 aliphatic carbocycles. The standard InChI is InChI=1S/C16H14N6/c1-21-8-13(7-19-21)12-6-15-16(18-10-20-22(15)9-12)11-2-4-14(17)5-3-11/h2-10H,17H2,1H3. The molecule has 0 saturated heterocycles. The van der Waals surface area contributed by atoms with Crippen LogP contribution in [0.5, 0.6) is 0 Å². The first kappa shape index (κ1) is 12.6. The molecule has 0 radical (unpaired) electrons. The van der Waals surface area contributed by atoms with Gasteiger partial charge in [-0.1, -0.05) is 12.1 Å². The van der Waals surface area contributed by atoms with Crippen LogP contribution in [0.4, 0.5) is 5.69 Å². The molecule has 4 rings (SSSR count). The van der Waals surface area contributed by atoms with Crippen LogP contribution in [0.2, 0.25) is 0 Å². The van der Waals surface area contributed by atoms with Gasteiger partial charge in [0.2, 0.25) is 0 Å². The predicted molar refractivity (Wildman–Crippen MR) is 85.0 cm³/mol. The van der Waals surface area contributed by atoms with E-state index in [4.69, 9.17) is 5.73 Å². The zero-order valence-corrected chi connectivity index (χ0v) is 12.0. The first-order valence-corrected chi connectivity index (χ1v) is 6.89. The van der Waals surface area contributed by atoms with Gasteiger partial charge in [-0.2, -0.15) is 10.2 Å². The molecule has 0 aliphatic rings. The largest absolute Gasteiger partial charge is 0.399 e. The minimum atomic E-state index is 0.736. The smallest absolute Gasteiger partial charge is 0.137 e. The fraction of sp³-hybridized carbons (Fsp3) is 0.0625. The Bertz CT molecular complexity index is 948. The highest BCUT2D eigenvalue weighted by Crippen LogP contribution is 2.27. The van der Waals surface area contributed by atoms with E-state index in [-0.39, 0.29) is 0 Å². The third-order valence-corrected chi connectivity index (χ3v) is 3.63. The van der Waals surface area contributed by atoms with Crippen molar-refractivity contribution in [3.8, 4) is 22.4 Å². The fourth-order valence-electron chi connectivity index (χ4n) is 2.52. The Kier molecular flexibility index (Phi) is 2.69. The summed E-state index contributed by atoms with van der Waals surface area (Å²) in [6.07, 6.45) is 7.36. The SMILES string of the molecule is Cn1cc(-c2cc3c(-c4ccc(N)cc4)ncnn3c2)cn1. The Morgan fingerprint density at radius 1 is 0.955 bits per heavy atom. The lowest BCUT2D eigenvalue weighted by Gasteiger charge is -2.03. The van der Waals surface area contributed by atoms with Gasteiger partial charge in [-0.3, -0.25) is 4.68 Å². The molecule has 3 aromatic heterocycles. The zero-order valence-electron chi connectivity index (χ0n) is 12.0. The van der Waals surface area contributed by atoms with Crippen molar-refractivity contribution in [2.24, 2.45) is 7.05 Å². The number of nitrogens with zero attached hydrogens (tertiary/aromatic N) is 5. The molecule has 0 unspecified atom stereocenters. The van der Waals surface area contributed by atoms with E-state index in [2.05, 4.69) is 21.2 Å². The lowest BCUT2D eigenvalue weighted by atomic mass is 10.1. The predicted octanol–water partition coefficient (Wildman–Crippen LogP) is 2.38. The Hall–Kier alpha value is -3.15. The van der Waals surface area contributed by atoms with Gasteiger partial charge in [-0.15, -0.1) is 0 Å². The monoisotopic (exact) mass is 290 g/mol. The van der Waals surface area contributed by atoms with E-state index >= 15 is 0 Å². The van der Waals surface area contributed by atoms with Gasteiger partial charge in [0, 0.05) is 41.8 Å². The molecule has 6 nitrogen and oxygen atoms in total. The van der Waals surface area contributed by atoms with Crippen LogP contribution in [0, 0.1) is 0 Å². The molecule has 22 heavy (non-hydrogen) atoms. The van der Waals surface area contributed by atoms with Crippen molar-refractivity contribution in [3.63, 3.8) is 0 Å². The van der Waals surface area contributed by atoms with Crippen LogP contribution in [0.25, 0.3) is 27.9 Å². The fourth-order valence-corrected chi connectivity index (χ4v) is 2.52. The molecule has 0 spiro atoms. The topological polar surface area (TPSA) is 74.0 Å². The highest BCUT2D eigenvalue weighted by Gasteiger charge is 2.10. The van der Waals surface area contributed by atoms with Crippen molar-refractivity contribution >= 4 is 11.2 Å². The van der Waals surface area contributed by atoms with Crippen LogP contribution in [0.15, 0.2) is 55.2 Å². The summed E-state index contributed by atoms with van der Waals surface area (Å²) in [7, 11) is 1.90. The summed E-state index contributed by atoms with van der Waals surface area (Å²) >= 11 is 0. The van der Waals surface area contributed by atoms with Gasteiger partial charge < -0.3 is 5.73 Å². The molecular formula is C16H14N6. The number of hydrogen-bond acceptors (Lipinski definition) is 4. The summed E-state index contributed by atoms with van der Waals surface area (Å²) in [6.45, 7) is 0. The summed E-state index contributed by atoms with van der Waals surface area (Å²) in [6, 6.07) is 9.75. The maximum Gasteiger partial charge on any atom is 0.137 e. The quantitative estimate of drug-likeness (QED) is 0.575. The summed E-state index contributed by atoms with van der Waals surface area (Å²) < 4.78 is 3.62. The van der Waals surface area contributed by atoms with E-state index in [0.717, 1.165) is 33.6 Å². The molecule has 108 valence electrons. The van der Waals surface area contributed by atoms with Crippen LogP contribution in [-0.4, -0.2) is 24.4 Å². The van der Waals surface area contributed by atoms with Gasteiger partial charge in [-0.25, -0.2) is 9.50 Å². The van der Waals surface area contributed by atoms with E-state index in [1.54, 1.807) is 11.0 Å². The third kappa shape index (κ3) is 2.01. The summed E-state index contributed by atoms with van der Waals surface area (Å²) in [5.41, 5.74) is 11.4. The molecule has 0 bridgehead atoms. The highest BCUT2D eigenvalue weighted by molar-refractivity contribution is 5.81. The van der Waals surface area contributed by atoms with Crippen LogP contribution in [-0.2, 0) is 7.05 Å². The molecule has 0 aliphatic heterocycles. The van der Waals surface area contributed by atoms with Gasteiger partial charge in [0.15, 0.2) is 0 Å². The highest BCUT2D eigenvalue weighted by atomic mass is 15.2. The average molecular weight is 290 g/mol. The van der Waals surface area contributed by atoms with E-state index in [1.165, 1.54) is 0 Å². The van der Waals surface area contributed by atoms with Crippen molar-refractivity contribution in [3.05, 3.63) is 55.2 Å². The second-order valence-corrected chi connectivity index (χ2v) is 5.19. The average Bonchev–Trinajstić information content (AvgIpc) is 3.13. The van der Waals surface area contributed by atoms with Gasteiger partial charge >= 0.3 is 0 Å². The van der Waals surface area contributed by atoms with E-state index in [1.807, 2.05) is 54.4 Å². The molecular weight excluding hydrogens is 276 g/mol. The van der Waals surface area contributed by atoms with Crippen molar-refractivity contribution < 1.29 is 0 Å². The number of aromatic nitrogens is 5. The number of hydrogen-bond donors (Lipinski definition) is 1. The van der Waals surface area contributed by atoms with Crippen LogP contribution in [0.3, 0.4) is 0 Å². The first-order valence-electron chi connectivity index (χ1n) is 6.89. The van der Waals surface area contributed by atoms with Gasteiger partial charge in [0.25, 0.3) is 0 Å². The third-order valence-electron chi connectivity index (χ3n) is 3.63. The number of nitrogens with two attached hydrogens (primary N) is 1. The molecule has 0 saturated carbocycles. The maximum absolute atomic E-state index is 5.75. The van der Waals surface area contributed by atoms with Gasteiger partial charge in [-0.05, 0) is 18.2 Å². The molecule has 0 amide bonds. The van der Waals surface area contributed by atoms with Gasteiger partial charge in [0.1, 0.15) is 6.33 Å². The minimum absolute atomic E-state index is 0.736. The van der Waals surface area contributed by atoms with Crippen molar-refractivity contribution in [1.29, 1.82) is 0 Å². The number of nitrogen functional groups attached to an aromatic ring is 1. The Morgan fingerprint density at radius 3 is 2.50 bits per heavy atom. The lowest BCUT2D eigenvalue weighted by Crippen LogP contribution is -1.94. The molecule has 4 aromatic rings. The number of fused-ring (bicyclic) bond motifs is 1. The van der Waals surface area contributed by atoms with Crippen LogP contribution >= 0.6 is 0 Å².